The largest absolute Gasteiger partial charge is 0.350 e. The third-order valence-electron chi connectivity index (χ3n) is 5.17. The number of amides is 1. The molecule has 1 aromatic carbocycles. The average molecular weight is 407 g/mol. The second kappa shape index (κ2) is 9.72. The first kappa shape index (κ1) is 21.9. The molecular weight excluding hydrogens is 376 g/mol. The normalized spacial score (nSPS) is 16.4. The molecule has 0 radical (unpaired) electrons. The summed E-state index contributed by atoms with van der Waals surface area (Å²) in [6.07, 6.45) is 3.83. The minimum atomic E-state index is 0. The number of benzene rings is 1. The average Bonchev–Trinajstić information content (AvgIpc) is 3.16. The Labute approximate surface area is 173 Å². The highest BCUT2D eigenvalue weighted by Gasteiger charge is 2.24. The van der Waals surface area contributed by atoms with Crippen LogP contribution in [0.5, 0.6) is 0 Å². The van der Waals surface area contributed by atoms with Crippen molar-refractivity contribution in [1.82, 2.24) is 10.2 Å². The summed E-state index contributed by atoms with van der Waals surface area (Å²) in [6, 6.07) is 12.6. The highest BCUT2D eigenvalue weighted by atomic mass is 35.5. The van der Waals surface area contributed by atoms with E-state index in [1.807, 2.05) is 12.1 Å². The number of halogens is 1. The summed E-state index contributed by atoms with van der Waals surface area (Å²) in [5, 5.41) is 5.29. The Kier molecular flexibility index (Phi) is 7.90. The van der Waals surface area contributed by atoms with Crippen LogP contribution in [-0.2, 0) is 5.41 Å². The van der Waals surface area contributed by atoms with Crippen molar-refractivity contribution in [2.45, 2.75) is 51.5 Å². The molecule has 1 fully saturated rings. The van der Waals surface area contributed by atoms with Crippen molar-refractivity contribution >= 4 is 29.7 Å². The van der Waals surface area contributed by atoms with Gasteiger partial charge in [0.2, 0.25) is 0 Å². The molecule has 1 saturated heterocycles. The van der Waals surface area contributed by atoms with Gasteiger partial charge in [-0.05, 0) is 60.5 Å². The first-order chi connectivity index (χ1) is 12.4. The molecule has 1 atom stereocenters. The summed E-state index contributed by atoms with van der Waals surface area (Å²) in [7, 11) is 0. The van der Waals surface area contributed by atoms with Crippen molar-refractivity contribution in [2.24, 2.45) is 0 Å². The summed E-state index contributed by atoms with van der Waals surface area (Å²) in [4.78, 5) is 16.5. The quantitative estimate of drug-likeness (QED) is 0.718. The van der Waals surface area contributed by atoms with Gasteiger partial charge in [0.05, 0.1) is 6.04 Å². The molecule has 5 heteroatoms. The lowest BCUT2D eigenvalue weighted by Crippen LogP contribution is -2.40. The predicted molar refractivity (Wildman–Crippen MR) is 117 cm³/mol. The fourth-order valence-electron chi connectivity index (χ4n) is 3.53. The standard InChI is InChI=1S/C22H30N2OS.ClH/c1-22(2,3)18-11-9-17(10-12-18)21(25)23-16-19(20-8-7-15-26-20)24-13-5-4-6-14-24;/h7-12,15,19H,4-6,13-14,16H2,1-3H3,(H,23,25);1H. The molecule has 2 heterocycles. The molecule has 1 N–H and O–H groups in total. The molecule has 3 rings (SSSR count). The Morgan fingerprint density at radius 2 is 1.78 bits per heavy atom. The molecule has 1 aliphatic rings. The fraction of sp³-hybridized carbons (Fsp3) is 0.500. The van der Waals surface area contributed by atoms with E-state index in [9.17, 15) is 4.79 Å². The summed E-state index contributed by atoms with van der Waals surface area (Å²) in [5.74, 6) is 0.0176. The number of hydrogen-bond donors (Lipinski definition) is 1. The lowest BCUT2D eigenvalue weighted by atomic mass is 9.87. The van der Waals surface area contributed by atoms with Crippen LogP contribution < -0.4 is 5.32 Å². The third-order valence-corrected chi connectivity index (χ3v) is 6.15. The Hall–Kier alpha value is -1.36. The molecule has 1 aliphatic heterocycles. The van der Waals surface area contributed by atoms with Gasteiger partial charge in [0.25, 0.3) is 5.91 Å². The van der Waals surface area contributed by atoms with E-state index >= 15 is 0 Å². The molecular formula is C22H31ClN2OS. The lowest BCUT2D eigenvalue weighted by molar-refractivity contribution is 0.0925. The SMILES string of the molecule is CC(C)(C)c1ccc(C(=O)NCC(c2cccs2)N2CCCCC2)cc1.Cl. The highest BCUT2D eigenvalue weighted by Crippen LogP contribution is 2.27. The molecule has 27 heavy (non-hydrogen) atoms. The van der Waals surface area contributed by atoms with Crippen molar-refractivity contribution in [3.05, 3.63) is 57.8 Å². The summed E-state index contributed by atoms with van der Waals surface area (Å²) in [5.41, 5.74) is 2.09. The monoisotopic (exact) mass is 406 g/mol. The van der Waals surface area contributed by atoms with Crippen LogP contribution >= 0.6 is 23.7 Å². The number of nitrogens with one attached hydrogen (secondary N) is 1. The smallest absolute Gasteiger partial charge is 0.251 e. The molecule has 3 nitrogen and oxygen atoms in total. The predicted octanol–water partition coefficient (Wildman–Crippen LogP) is 5.42. The minimum absolute atomic E-state index is 0. The first-order valence-electron chi connectivity index (χ1n) is 9.61. The van der Waals surface area contributed by atoms with Crippen LogP contribution in [0.15, 0.2) is 41.8 Å². The Morgan fingerprint density at radius 3 is 2.33 bits per heavy atom. The van der Waals surface area contributed by atoms with Crippen molar-refractivity contribution in [3.8, 4) is 0 Å². The molecule has 2 aromatic rings. The number of hydrogen-bond acceptors (Lipinski definition) is 3. The number of likely N-dealkylation sites (tertiary alicyclic amines) is 1. The molecule has 148 valence electrons. The van der Waals surface area contributed by atoms with Crippen LogP contribution in [0.2, 0.25) is 0 Å². The van der Waals surface area contributed by atoms with Crippen molar-refractivity contribution < 1.29 is 4.79 Å². The molecule has 0 aliphatic carbocycles. The Morgan fingerprint density at radius 1 is 1.11 bits per heavy atom. The number of piperidine rings is 1. The van der Waals surface area contributed by atoms with Gasteiger partial charge in [-0.3, -0.25) is 9.69 Å². The Balaban J connectivity index is 0.00000261. The maximum atomic E-state index is 12.6. The summed E-state index contributed by atoms with van der Waals surface area (Å²) < 4.78 is 0. The van der Waals surface area contributed by atoms with Gasteiger partial charge in [-0.1, -0.05) is 45.4 Å². The van der Waals surface area contributed by atoms with E-state index < -0.39 is 0 Å². The van der Waals surface area contributed by atoms with E-state index in [2.05, 4.69) is 60.6 Å². The molecule has 0 saturated carbocycles. The van der Waals surface area contributed by atoms with Gasteiger partial charge in [0.1, 0.15) is 0 Å². The Bertz CT molecular complexity index is 701. The topological polar surface area (TPSA) is 32.3 Å². The van der Waals surface area contributed by atoms with Gasteiger partial charge in [-0.25, -0.2) is 0 Å². The molecule has 1 aromatic heterocycles. The number of carbonyl (C=O) groups is 1. The molecule has 1 unspecified atom stereocenters. The second-order valence-electron chi connectivity index (χ2n) is 8.17. The minimum Gasteiger partial charge on any atom is -0.350 e. The van der Waals surface area contributed by atoms with Crippen LogP contribution in [0.1, 0.15) is 66.9 Å². The zero-order valence-electron chi connectivity index (χ0n) is 16.5. The molecule has 0 bridgehead atoms. The van der Waals surface area contributed by atoms with Gasteiger partial charge in [-0.15, -0.1) is 23.7 Å². The molecule has 0 spiro atoms. The van der Waals surface area contributed by atoms with Gasteiger partial charge >= 0.3 is 0 Å². The second-order valence-corrected chi connectivity index (χ2v) is 9.14. The molecule has 1 amide bonds. The van der Waals surface area contributed by atoms with Crippen molar-refractivity contribution in [3.63, 3.8) is 0 Å². The number of rotatable bonds is 5. The fourth-order valence-corrected chi connectivity index (χ4v) is 4.39. The van der Waals surface area contributed by atoms with Gasteiger partial charge in [0.15, 0.2) is 0 Å². The zero-order valence-corrected chi connectivity index (χ0v) is 18.2. The van der Waals surface area contributed by atoms with E-state index in [0.29, 0.717) is 6.54 Å². The van der Waals surface area contributed by atoms with Crippen molar-refractivity contribution in [1.29, 1.82) is 0 Å². The van der Waals surface area contributed by atoms with Crippen LogP contribution in [-0.4, -0.2) is 30.4 Å². The number of thiophene rings is 1. The number of nitrogens with zero attached hydrogens (tertiary/aromatic N) is 1. The van der Waals surface area contributed by atoms with Crippen LogP contribution in [0.25, 0.3) is 0 Å². The summed E-state index contributed by atoms with van der Waals surface area (Å²) >= 11 is 1.78. The van der Waals surface area contributed by atoms with Gasteiger partial charge in [0, 0.05) is 17.0 Å². The van der Waals surface area contributed by atoms with E-state index in [4.69, 9.17) is 0 Å². The first-order valence-corrected chi connectivity index (χ1v) is 10.5. The van der Waals surface area contributed by atoms with E-state index in [-0.39, 0.29) is 29.8 Å². The van der Waals surface area contributed by atoms with Crippen LogP contribution in [0, 0.1) is 0 Å². The maximum absolute atomic E-state index is 12.6. The summed E-state index contributed by atoms with van der Waals surface area (Å²) in [6.45, 7) is 9.47. The van der Waals surface area contributed by atoms with E-state index in [1.165, 1.54) is 29.7 Å². The van der Waals surface area contributed by atoms with Crippen LogP contribution in [0.3, 0.4) is 0 Å². The van der Waals surface area contributed by atoms with Gasteiger partial charge in [-0.2, -0.15) is 0 Å². The van der Waals surface area contributed by atoms with Crippen molar-refractivity contribution in [2.75, 3.05) is 19.6 Å². The highest BCUT2D eigenvalue weighted by molar-refractivity contribution is 7.10. The zero-order chi connectivity index (χ0) is 18.6. The van der Waals surface area contributed by atoms with Gasteiger partial charge < -0.3 is 5.32 Å². The van der Waals surface area contributed by atoms with E-state index in [1.54, 1.807) is 11.3 Å². The maximum Gasteiger partial charge on any atom is 0.251 e. The lowest BCUT2D eigenvalue weighted by Gasteiger charge is -2.34. The number of carbonyl (C=O) groups excluding carboxylic acids is 1. The van der Waals surface area contributed by atoms with E-state index in [0.717, 1.165) is 18.7 Å². The third kappa shape index (κ3) is 5.81. The van der Waals surface area contributed by atoms with Crippen LogP contribution in [0.4, 0.5) is 0 Å².